The van der Waals surface area contributed by atoms with Gasteiger partial charge in [-0.2, -0.15) is 0 Å². The van der Waals surface area contributed by atoms with Crippen LogP contribution in [-0.2, 0) is 23.0 Å². The molecule has 0 spiro atoms. The smallest absolute Gasteiger partial charge is 0.476 e. The Bertz CT molecular complexity index is 1620. The van der Waals surface area contributed by atoms with Crippen LogP contribution >= 0.6 is 0 Å². The second-order valence-corrected chi connectivity index (χ2v) is 10.6. The molecular weight excluding hydrogens is 549 g/mol. The number of carbonyl (C=O) groups excluding carboxylic acids is 2. The first-order valence-electron chi connectivity index (χ1n) is 13.3. The summed E-state index contributed by atoms with van der Waals surface area (Å²) >= 11 is 0. The van der Waals surface area contributed by atoms with E-state index in [0.29, 0.717) is 23.3 Å². The highest BCUT2D eigenvalue weighted by molar-refractivity contribution is 5.99. The van der Waals surface area contributed by atoms with Gasteiger partial charge in [-0.1, -0.05) is 30.3 Å². The minimum Gasteiger partial charge on any atom is -0.476 e. The topological polar surface area (TPSA) is 78.8 Å². The quantitative estimate of drug-likeness (QED) is 0.220. The van der Waals surface area contributed by atoms with Gasteiger partial charge in [0.2, 0.25) is 0 Å². The number of hydrogen-bond donors (Lipinski definition) is 1. The molecule has 1 atom stereocenters. The van der Waals surface area contributed by atoms with Crippen molar-refractivity contribution in [1.82, 2.24) is 9.88 Å². The number of benzene rings is 3. The van der Waals surface area contributed by atoms with Gasteiger partial charge in [0.1, 0.15) is 11.5 Å². The normalized spacial score (nSPS) is 12.6. The molecule has 0 fully saturated rings. The summed E-state index contributed by atoms with van der Waals surface area (Å²) in [4.78, 5) is 25.2. The van der Waals surface area contributed by atoms with E-state index >= 15 is 0 Å². The van der Waals surface area contributed by atoms with Crippen molar-refractivity contribution in [1.29, 1.82) is 0 Å². The molecule has 1 amide bonds. The molecule has 0 aliphatic carbocycles. The van der Waals surface area contributed by atoms with Crippen molar-refractivity contribution in [3.63, 3.8) is 0 Å². The fraction of sp³-hybridized carbons (Fsp3) is 0.312. The average molecular weight is 583 g/mol. The van der Waals surface area contributed by atoms with Crippen LogP contribution in [0.2, 0.25) is 0 Å². The van der Waals surface area contributed by atoms with E-state index in [-0.39, 0.29) is 11.7 Å². The Balaban J connectivity index is 1.54. The summed E-state index contributed by atoms with van der Waals surface area (Å²) in [7, 11) is 3.24. The monoisotopic (exact) mass is 582 g/mol. The molecule has 0 aliphatic rings. The average Bonchev–Trinajstić information content (AvgIpc) is 3.15. The maximum absolute atomic E-state index is 13.1. The molecule has 4 rings (SSSR count). The van der Waals surface area contributed by atoms with Crippen molar-refractivity contribution in [2.75, 3.05) is 7.11 Å². The van der Waals surface area contributed by atoms with Crippen LogP contribution in [-0.4, -0.2) is 35.5 Å². The number of nitrogens with zero attached hydrogens (tertiary/aromatic N) is 1. The van der Waals surface area contributed by atoms with Crippen molar-refractivity contribution < 1.29 is 37.0 Å². The number of hydrogen-bond acceptors (Lipinski definition) is 5. The van der Waals surface area contributed by atoms with E-state index < -0.39 is 24.0 Å². The standard InChI is InChI=1S/C32H33F3N2O5/c1-19(22-10-8-12-25(17-22)42-32(33,34)35)36-29(38)23-13-14-26-27(20(2)37(5)28(26)18-23)16-21-9-7-11-24(15-21)41-31(3,4)30(39)40-6/h7-15,17-19H,16H2,1-6H3,(H,36,38)/t19-/m0/s1. The number of carbonyl (C=O) groups is 2. The summed E-state index contributed by atoms with van der Waals surface area (Å²) in [6.45, 7) is 6.99. The number of aryl methyl sites for hydroxylation is 1. The highest BCUT2D eigenvalue weighted by Crippen LogP contribution is 2.30. The zero-order valence-corrected chi connectivity index (χ0v) is 24.3. The van der Waals surface area contributed by atoms with Gasteiger partial charge < -0.3 is 24.1 Å². The summed E-state index contributed by atoms with van der Waals surface area (Å²) in [6, 6.07) is 17.9. The Morgan fingerprint density at radius 3 is 2.29 bits per heavy atom. The molecule has 4 aromatic rings. The van der Waals surface area contributed by atoms with Gasteiger partial charge in [0.05, 0.1) is 13.2 Å². The molecule has 0 radical (unpaired) electrons. The van der Waals surface area contributed by atoms with E-state index in [2.05, 4.69) is 10.1 Å². The van der Waals surface area contributed by atoms with Crippen molar-refractivity contribution in [2.45, 2.75) is 52.1 Å². The van der Waals surface area contributed by atoms with E-state index in [9.17, 15) is 22.8 Å². The highest BCUT2D eigenvalue weighted by Gasteiger charge is 2.32. The first kappa shape index (κ1) is 30.5. The van der Waals surface area contributed by atoms with Crippen molar-refractivity contribution in [3.8, 4) is 11.5 Å². The molecule has 0 bridgehead atoms. The van der Waals surface area contributed by atoms with Gasteiger partial charge in [-0.15, -0.1) is 13.2 Å². The van der Waals surface area contributed by atoms with Gasteiger partial charge in [-0.05, 0) is 87.2 Å². The van der Waals surface area contributed by atoms with E-state index in [0.717, 1.165) is 27.7 Å². The molecule has 42 heavy (non-hydrogen) atoms. The van der Waals surface area contributed by atoms with Gasteiger partial charge in [0.15, 0.2) is 5.60 Å². The van der Waals surface area contributed by atoms with Crippen LogP contribution in [0.3, 0.4) is 0 Å². The largest absolute Gasteiger partial charge is 0.573 e. The number of ether oxygens (including phenoxy) is 3. The third-order valence-corrected chi connectivity index (χ3v) is 7.15. The first-order valence-corrected chi connectivity index (χ1v) is 13.3. The summed E-state index contributed by atoms with van der Waals surface area (Å²) < 4.78 is 54.6. The first-order chi connectivity index (χ1) is 19.7. The van der Waals surface area contributed by atoms with Crippen molar-refractivity contribution >= 4 is 22.8 Å². The highest BCUT2D eigenvalue weighted by atomic mass is 19.4. The maximum Gasteiger partial charge on any atom is 0.573 e. The number of nitrogens with one attached hydrogen (secondary N) is 1. The number of amides is 1. The van der Waals surface area contributed by atoms with E-state index in [1.54, 1.807) is 45.0 Å². The van der Waals surface area contributed by atoms with Crippen LogP contribution in [0.5, 0.6) is 11.5 Å². The molecule has 222 valence electrons. The molecule has 0 unspecified atom stereocenters. The second-order valence-electron chi connectivity index (χ2n) is 10.6. The van der Waals surface area contributed by atoms with Gasteiger partial charge in [-0.3, -0.25) is 4.79 Å². The minimum atomic E-state index is -4.80. The fourth-order valence-electron chi connectivity index (χ4n) is 4.86. The number of methoxy groups -OCH3 is 1. The zero-order valence-electron chi connectivity index (χ0n) is 24.3. The fourth-order valence-corrected chi connectivity index (χ4v) is 4.86. The number of halogens is 3. The van der Waals surface area contributed by atoms with Crippen LogP contribution in [0.1, 0.15) is 59.6 Å². The molecule has 0 aliphatic heterocycles. The SMILES string of the molecule is COC(=O)C(C)(C)Oc1cccc(Cc2c(C)n(C)c3cc(C(=O)N[C@@H](C)c4cccc(OC(F)(F)F)c4)ccc23)c1. The van der Waals surface area contributed by atoms with Crippen LogP contribution < -0.4 is 14.8 Å². The number of esters is 1. The summed E-state index contributed by atoms with van der Waals surface area (Å²) in [6.07, 6.45) is -4.21. The Kier molecular flexibility index (Phi) is 8.56. The number of alkyl halides is 3. The molecule has 7 nitrogen and oxygen atoms in total. The summed E-state index contributed by atoms with van der Waals surface area (Å²) in [5, 5.41) is 3.84. The van der Waals surface area contributed by atoms with E-state index in [1.165, 1.54) is 25.3 Å². The van der Waals surface area contributed by atoms with E-state index in [1.807, 2.05) is 42.8 Å². The second kappa shape index (κ2) is 11.8. The Hall–Kier alpha value is -4.47. The van der Waals surface area contributed by atoms with Gasteiger partial charge >= 0.3 is 12.3 Å². The molecule has 0 saturated heterocycles. The lowest BCUT2D eigenvalue weighted by Crippen LogP contribution is -2.39. The Morgan fingerprint density at radius 1 is 0.952 bits per heavy atom. The molecular formula is C32H33F3N2O5. The summed E-state index contributed by atoms with van der Waals surface area (Å²) in [5.41, 5.74) is 3.71. The van der Waals surface area contributed by atoms with E-state index in [4.69, 9.17) is 9.47 Å². The molecule has 1 aromatic heterocycles. The van der Waals surface area contributed by atoms with Crippen molar-refractivity contribution in [2.24, 2.45) is 7.05 Å². The molecule has 10 heteroatoms. The third kappa shape index (κ3) is 6.87. The number of aromatic nitrogens is 1. The van der Waals surface area contributed by atoms with Crippen molar-refractivity contribution in [3.05, 3.63) is 94.7 Å². The van der Waals surface area contributed by atoms with Gasteiger partial charge in [0, 0.05) is 29.2 Å². The van der Waals surface area contributed by atoms with Crippen LogP contribution in [0.4, 0.5) is 13.2 Å². The van der Waals surface area contributed by atoms with Crippen LogP contribution in [0, 0.1) is 6.92 Å². The predicted octanol–water partition coefficient (Wildman–Crippen LogP) is 6.80. The lowest BCUT2D eigenvalue weighted by molar-refractivity contribution is -0.274. The summed E-state index contributed by atoms with van der Waals surface area (Å²) in [5.74, 6) is -0.635. The predicted molar refractivity (Wildman–Crippen MR) is 153 cm³/mol. The zero-order chi connectivity index (χ0) is 30.8. The molecule has 1 N–H and O–H groups in total. The lowest BCUT2D eigenvalue weighted by Gasteiger charge is -2.23. The maximum atomic E-state index is 13.1. The molecule has 3 aromatic carbocycles. The minimum absolute atomic E-state index is 0.349. The number of rotatable bonds is 9. The Morgan fingerprint density at radius 2 is 1.62 bits per heavy atom. The lowest BCUT2D eigenvalue weighted by atomic mass is 10.0. The van der Waals surface area contributed by atoms with Gasteiger partial charge in [-0.25, -0.2) is 4.79 Å². The van der Waals surface area contributed by atoms with Gasteiger partial charge in [0.25, 0.3) is 5.91 Å². The van der Waals surface area contributed by atoms with Crippen LogP contribution in [0.15, 0.2) is 66.7 Å². The molecule has 1 heterocycles. The Labute approximate surface area is 242 Å². The van der Waals surface area contributed by atoms with Crippen LogP contribution in [0.25, 0.3) is 10.9 Å². The third-order valence-electron chi connectivity index (χ3n) is 7.15. The number of fused-ring (bicyclic) bond motifs is 1. The molecule has 0 saturated carbocycles.